The molecule has 2 heterocycles. The average molecular weight is 259 g/mol. The van der Waals surface area contributed by atoms with Crippen LogP contribution >= 0.6 is 0 Å². The molecule has 2 aliphatic rings. The van der Waals surface area contributed by atoms with Gasteiger partial charge >= 0.3 is 0 Å². The number of hydrogen-bond acceptors (Lipinski definition) is 5. The Labute approximate surface area is 109 Å². The van der Waals surface area contributed by atoms with Crippen LogP contribution in [-0.4, -0.2) is 62.9 Å². The predicted molar refractivity (Wildman–Crippen MR) is 67.6 cm³/mol. The summed E-state index contributed by atoms with van der Waals surface area (Å²) in [7, 11) is 0. The second-order valence-electron chi connectivity index (χ2n) is 5.15. The lowest BCUT2D eigenvalue weighted by Gasteiger charge is -2.24. The molecule has 0 aliphatic carbocycles. The molecule has 5 heteroatoms. The minimum atomic E-state index is -0.451. The lowest BCUT2D eigenvalue weighted by Crippen LogP contribution is -2.42. The third-order valence-electron chi connectivity index (χ3n) is 3.44. The summed E-state index contributed by atoms with van der Waals surface area (Å²) >= 11 is 0. The highest BCUT2D eigenvalue weighted by atomic mass is 16.5. The minimum Gasteiger partial charge on any atom is -0.389 e. The molecule has 0 amide bonds. The molecule has 18 heavy (non-hydrogen) atoms. The van der Waals surface area contributed by atoms with E-state index in [1.54, 1.807) is 0 Å². The van der Waals surface area contributed by atoms with Gasteiger partial charge in [0.25, 0.3) is 0 Å². The van der Waals surface area contributed by atoms with Gasteiger partial charge < -0.3 is 24.6 Å². The van der Waals surface area contributed by atoms with Crippen molar-refractivity contribution in [1.82, 2.24) is 5.32 Å². The van der Waals surface area contributed by atoms with Crippen molar-refractivity contribution in [3.8, 4) is 0 Å². The molecule has 3 unspecified atom stereocenters. The lowest BCUT2D eigenvalue weighted by atomic mass is 10.1. The van der Waals surface area contributed by atoms with E-state index in [1.165, 1.54) is 0 Å². The van der Waals surface area contributed by atoms with Crippen LogP contribution in [0.5, 0.6) is 0 Å². The zero-order valence-corrected chi connectivity index (χ0v) is 11.0. The molecular weight excluding hydrogens is 234 g/mol. The van der Waals surface area contributed by atoms with E-state index < -0.39 is 6.10 Å². The van der Waals surface area contributed by atoms with Gasteiger partial charge in [-0.2, -0.15) is 0 Å². The van der Waals surface area contributed by atoms with Gasteiger partial charge in [-0.1, -0.05) is 0 Å². The Balaban J connectivity index is 1.47. The summed E-state index contributed by atoms with van der Waals surface area (Å²) < 4.78 is 16.3. The quantitative estimate of drug-likeness (QED) is 0.689. The topological polar surface area (TPSA) is 60.0 Å². The molecule has 0 aromatic carbocycles. The highest BCUT2D eigenvalue weighted by Crippen LogP contribution is 2.12. The van der Waals surface area contributed by atoms with Crippen molar-refractivity contribution >= 4 is 0 Å². The summed E-state index contributed by atoms with van der Waals surface area (Å²) in [5.74, 6) is 0. The summed E-state index contributed by atoms with van der Waals surface area (Å²) in [6, 6.07) is 0.381. The fraction of sp³-hybridized carbons (Fsp3) is 1.00. The standard InChI is InChI=1S/C13H25NO4/c15-12(7-14-11-3-1-5-16-8-11)9-17-10-13-4-2-6-18-13/h11-15H,1-10H2. The largest absolute Gasteiger partial charge is 0.389 e. The van der Waals surface area contributed by atoms with Crippen LogP contribution in [0.3, 0.4) is 0 Å². The van der Waals surface area contributed by atoms with Crippen LogP contribution in [0.25, 0.3) is 0 Å². The molecule has 5 nitrogen and oxygen atoms in total. The molecular formula is C13H25NO4. The van der Waals surface area contributed by atoms with Crippen LogP contribution in [0.15, 0.2) is 0 Å². The molecule has 3 atom stereocenters. The van der Waals surface area contributed by atoms with Gasteiger partial charge in [0.05, 0.1) is 32.0 Å². The van der Waals surface area contributed by atoms with Crippen molar-refractivity contribution in [2.24, 2.45) is 0 Å². The first kappa shape index (κ1) is 14.2. The fourth-order valence-corrected chi connectivity index (χ4v) is 2.37. The van der Waals surface area contributed by atoms with Gasteiger partial charge in [0.15, 0.2) is 0 Å². The number of aliphatic hydroxyl groups excluding tert-OH is 1. The van der Waals surface area contributed by atoms with Crippen LogP contribution in [0.4, 0.5) is 0 Å². The zero-order chi connectivity index (χ0) is 12.6. The average Bonchev–Trinajstić information content (AvgIpc) is 2.91. The lowest BCUT2D eigenvalue weighted by molar-refractivity contribution is -0.0186. The maximum Gasteiger partial charge on any atom is 0.0897 e. The maximum absolute atomic E-state index is 9.78. The zero-order valence-electron chi connectivity index (χ0n) is 11.0. The van der Waals surface area contributed by atoms with E-state index in [9.17, 15) is 5.11 Å². The van der Waals surface area contributed by atoms with E-state index in [0.29, 0.717) is 25.8 Å². The molecule has 2 rings (SSSR count). The van der Waals surface area contributed by atoms with Crippen LogP contribution in [0, 0.1) is 0 Å². The van der Waals surface area contributed by atoms with Crippen molar-refractivity contribution in [1.29, 1.82) is 0 Å². The maximum atomic E-state index is 9.78. The molecule has 2 fully saturated rings. The van der Waals surface area contributed by atoms with Crippen LogP contribution < -0.4 is 5.32 Å². The first-order chi connectivity index (χ1) is 8.84. The number of aliphatic hydroxyl groups is 1. The van der Waals surface area contributed by atoms with E-state index in [2.05, 4.69) is 5.32 Å². The number of nitrogens with one attached hydrogen (secondary N) is 1. The Bertz CT molecular complexity index is 215. The van der Waals surface area contributed by atoms with Crippen molar-refractivity contribution in [2.45, 2.75) is 43.9 Å². The smallest absolute Gasteiger partial charge is 0.0897 e. The molecule has 106 valence electrons. The fourth-order valence-electron chi connectivity index (χ4n) is 2.37. The van der Waals surface area contributed by atoms with Crippen LogP contribution in [0.2, 0.25) is 0 Å². The Morgan fingerprint density at radius 1 is 1.28 bits per heavy atom. The molecule has 0 spiro atoms. The number of rotatable bonds is 7. The molecule has 0 bridgehead atoms. The predicted octanol–water partition coefficient (Wildman–Crippen LogP) is 0.311. The van der Waals surface area contributed by atoms with Gasteiger partial charge in [-0.15, -0.1) is 0 Å². The van der Waals surface area contributed by atoms with Crippen molar-refractivity contribution < 1.29 is 19.3 Å². The molecule has 0 aromatic heterocycles. The summed E-state index contributed by atoms with van der Waals surface area (Å²) in [6.07, 6.45) is 4.21. The molecule has 0 saturated carbocycles. The van der Waals surface area contributed by atoms with E-state index in [-0.39, 0.29) is 6.10 Å². The second-order valence-corrected chi connectivity index (χ2v) is 5.15. The molecule has 0 aromatic rings. The third-order valence-corrected chi connectivity index (χ3v) is 3.44. The monoisotopic (exact) mass is 259 g/mol. The summed E-state index contributed by atoms with van der Waals surface area (Å²) in [4.78, 5) is 0. The Morgan fingerprint density at radius 2 is 2.17 bits per heavy atom. The molecule has 2 aliphatic heterocycles. The normalized spacial score (nSPS) is 30.5. The Hall–Kier alpha value is -0.200. The van der Waals surface area contributed by atoms with Crippen molar-refractivity contribution in [2.75, 3.05) is 39.6 Å². The van der Waals surface area contributed by atoms with Gasteiger partial charge in [0.1, 0.15) is 0 Å². The summed E-state index contributed by atoms with van der Waals surface area (Å²) in [6.45, 7) is 4.01. The molecule has 2 N–H and O–H groups in total. The van der Waals surface area contributed by atoms with Crippen molar-refractivity contribution in [3.05, 3.63) is 0 Å². The van der Waals surface area contributed by atoms with Crippen molar-refractivity contribution in [3.63, 3.8) is 0 Å². The SMILES string of the molecule is OC(CNC1CCCOC1)COCC1CCCO1. The molecule has 0 radical (unpaired) electrons. The second kappa shape index (κ2) is 8.07. The Kier molecular flexibility index (Phi) is 6.37. The van der Waals surface area contributed by atoms with Gasteiger partial charge in [0, 0.05) is 25.8 Å². The highest BCUT2D eigenvalue weighted by molar-refractivity contribution is 4.72. The number of hydrogen-bond donors (Lipinski definition) is 2. The Morgan fingerprint density at radius 3 is 2.89 bits per heavy atom. The minimum absolute atomic E-state index is 0.233. The van der Waals surface area contributed by atoms with E-state index in [0.717, 1.165) is 45.5 Å². The van der Waals surface area contributed by atoms with Crippen LogP contribution in [-0.2, 0) is 14.2 Å². The highest BCUT2D eigenvalue weighted by Gasteiger charge is 2.17. The van der Waals surface area contributed by atoms with Gasteiger partial charge in [0.2, 0.25) is 0 Å². The van der Waals surface area contributed by atoms with E-state index >= 15 is 0 Å². The summed E-state index contributed by atoms with van der Waals surface area (Å²) in [5, 5.41) is 13.1. The van der Waals surface area contributed by atoms with E-state index in [1.807, 2.05) is 0 Å². The van der Waals surface area contributed by atoms with Gasteiger partial charge in [-0.3, -0.25) is 0 Å². The van der Waals surface area contributed by atoms with Gasteiger partial charge in [-0.05, 0) is 25.7 Å². The molecule has 2 saturated heterocycles. The van der Waals surface area contributed by atoms with Crippen LogP contribution in [0.1, 0.15) is 25.7 Å². The van der Waals surface area contributed by atoms with Gasteiger partial charge in [-0.25, -0.2) is 0 Å². The number of ether oxygens (including phenoxy) is 3. The summed E-state index contributed by atoms with van der Waals surface area (Å²) in [5.41, 5.74) is 0. The third kappa shape index (κ3) is 5.20. The first-order valence-electron chi connectivity index (χ1n) is 7.03. The first-order valence-corrected chi connectivity index (χ1v) is 7.03. The van der Waals surface area contributed by atoms with E-state index in [4.69, 9.17) is 14.2 Å².